The summed E-state index contributed by atoms with van der Waals surface area (Å²) in [6.45, 7) is 4.01. The van der Waals surface area contributed by atoms with Crippen LogP contribution in [-0.2, 0) is 0 Å². The van der Waals surface area contributed by atoms with Gasteiger partial charge < -0.3 is 9.47 Å². The molecule has 0 saturated heterocycles. The summed E-state index contributed by atoms with van der Waals surface area (Å²) in [4.78, 5) is 12.5. The van der Waals surface area contributed by atoms with Crippen LogP contribution in [0, 0.1) is 0 Å². The zero-order valence-electron chi connectivity index (χ0n) is 14.8. The van der Waals surface area contributed by atoms with Gasteiger partial charge in [-0.3, -0.25) is 4.79 Å². The Balaban J connectivity index is 1.77. The van der Waals surface area contributed by atoms with Crippen molar-refractivity contribution < 1.29 is 14.3 Å². The first-order valence-corrected chi connectivity index (χ1v) is 8.19. The van der Waals surface area contributed by atoms with E-state index in [1.165, 1.54) is 17.1 Å². The summed E-state index contributed by atoms with van der Waals surface area (Å²) in [6, 6.07) is 12.5. The van der Waals surface area contributed by atoms with Crippen LogP contribution in [0.5, 0.6) is 11.5 Å². The zero-order chi connectivity index (χ0) is 19.1. The molecule has 0 saturated carbocycles. The number of carbonyl (C=O) groups excluding carboxylic acids is 1. The summed E-state index contributed by atoms with van der Waals surface area (Å²) in [5, 5.41) is 11.0. The van der Waals surface area contributed by atoms with Crippen molar-refractivity contribution in [2.24, 2.45) is 0 Å². The second-order valence-corrected chi connectivity index (χ2v) is 5.51. The fourth-order valence-electron chi connectivity index (χ4n) is 2.41. The van der Waals surface area contributed by atoms with E-state index in [0.717, 1.165) is 5.56 Å². The molecule has 2 aromatic carbocycles. The quantitative estimate of drug-likeness (QED) is 0.348. The van der Waals surface area contributed by atoms with Gasteiger partial charge in [0.1, 0.15) is 12.9 Å². The molecular weight excluding hydrogens is 344 g/mol. The Morgan fingerprint density at radius 1 is 1.22 bits per heavy atom. The van der Waals surface area contributed by atoms with Gasteiger partial charge in [0.25, 0.3) is 0 Å². The predicted molar refractivity (Wildman–Crippen MR) is 101 cm³/mol. The predicted octanol–water partition coefficient (Wildman–Crippen LogP) is 3.13. The number of hydrogen-bond donors (Lipinski definition) is 0. The average Bonchev–Trinajstić information content (AvgIpc) is 3.25. The van der Waals surface area contributed by atoms with E-state index in [2.05, 4.69) is 22.1 Å². The van der Waals surface area contributed by atoms with Crippen LogP contribution in [-0.4, -0.2) is 39.7 Å². The molecule has 0 fully saturated rings. The van der Waals surface area contributed by atoms with Gasteiger partial charge in [-0.2, -0.15) is 0 Å². The molecule has 136 valence electrons. The molecule has 0 unspecified atom stereocenters. The lowest BCUT2D eigenvalue weighted by molar-refractivity contribution is 0.104. The van der Waals surface area contributed by atoms with Gasteiger partial charge in [-0.15, -0.1) is 5.10 Å². The molecule has 27 heavy (non-hydrogen) atoms. The molecule has 7 heteroatoms. The van der Waals surface area contributed by atoms with Crippen molar-refractivity contribution in [1.82, 2.24) is 20.2 Å². The number of allylic oxidation sites excluding steroid dienone is 1. The van der Waals surface area contributed by atoms with Crippen molar-refractivity contribution >= 4 is 11.9 Å². The lowest BCUT2D eigenvalue weighted by Gasteiger charge is -2.09. The Labute approximate surface area is 156 Å². The van der Waals surface area contributed by atoms with Crippen LogP contribution >= 0.6 is 0 Å². The largest absolute Gasteiger partial charge is 0.493 e. The van der Waals surface area contributed by atoms with Gasteiger partial charge in [0.05, 0.1) is 12.8 Å². The number of aromatic nitrogens is 4. The molecule has 0 radical (unpaired) electrons. The van der Waals surface area contributed by atoms with Crippen molar-refractivity contribution in [3.63, 3.8) is 0 Å². The normalized spacial score (nSPS) is 10.7. The van der Waals surface area contributed by atoms with Crippen molar-refractivity contribution in [1.29, 1.82) is 0 Å². The van der Waals surface area contributed by atoms with Crippen LogP contribution < -0.4 is 9.47 Å². The van der Waals surface area contributed by atoms with Crippen molar-refractivity contribution in [2.75, 3.05) is 13.7 Å². The third-order valence-electron chi connectivity index (χ3n) is 3.72. The topological polar surface area (TPSA) is 79.1 Å². The first-order chi connectivity index (χ1) is 13.2. The van der Waals surface area contributed by atoms with Gasteiger partial charge in [-0.25, -0.2) is 4.68 Å². The smallest absolute Gasteiger partial charge is 0.185 e. The summed E-state index contributed by atoms with van der Waals surface area (Å²) < 4.78 is 12.3. The first kappa shape index (κ1) is 18.1. The third-order valence-corrected chi connectivity index (χ3v) is 3.72. The lowest BCUT2D eigenvalue weighted by Crippen LogP contribution is -1.99. The van der Waals surface area contributed by atoms with Gasteiger partial charge in [0.2, 0.25) is 0 Å². The number of rotatable bonds is 8. The van der Waals surface area contributed by atoms with Crippen LogP contribution in [0.1, 0.15) is 15.9 Å². The van der Waals surface area contributed by atoms with Crippen LogP contribution in [0.4, 0.5) is 0 Å². The molecule has 3 aromatic rings. The van der Waals surface area contributed by atoms with Crippen LogP contribution in [0.2, 0.25) is 0 Å². The molecule has 0 atom stereocenters. The van der Waals surface area contributed by atoms with Crippen LogP contribution in [0.15, 0.2) is 67.5 Å². The van der Waals surface area contributed by atoms with E-state index in [-0.39, 0.29) is 5.78 Å². The number of benzene rings is 2. The Bertz CT molecular complexity index is 965. The Morgan fingerprint density at radius 2 is 2.11 bits per heavy atom. The van der Waals surface area contributed by atoms with Crippen LogP contribution in [0.25, 0.3) is 11.8 Å². The van der Waals surface area contributed by atoms with Gasteiger partial charge in [-0.05, 0) is 46.3 Å². The third kappa shape index (κ3) is 4.46. The molecule has 7 nitrogen and oxygen atoms in total. The number of hydrogen-bond acceptors (Lipinski definition) is 6. The van der Waals surface area contributed by atoms with E-state index >= 15 is 0 Å². The maximum atomic E-state index is 12.5. The van der Waals surface area contributed by atoms with Crippen molar-refractivity contribution in [2.45, 2.75) is 0 Å². The highest BCUT2D eigenvalue weighted by molar-refractivity contribution is 6.07. The maximum absolute atomic E-state index is 12.5. The van der Waals surface area contributed by atoms with E-state index in [4.69, 9.17) is 9.47 Å². The summed E-state index contributed by atoms with van der Waals surface area (Å²) >= 11 is 0. The van der Waals surface area contributed by atoms with E-state index in [1.807, 2.05) is 12.1 Å². The monoisotopic (exact) mass is 362 g/mol. The second kappa shape index (κ2) is 8.57. The molecule has 0 spiro atoms. The highest BCUT2D eigenvalue weighted by Gasteiger charge is 2.07. The number of methoxy groups -OCH3 is 1. The molecule has 1 aromatic heterocycles. The molecular formula is C20H18N4O3. The molecule has 0 N–H and O–H groups in total. The molecule has 0 amide bonds. The second-order valence-electron chi connectivity index (χ2n) is 5.51. The summed E-state index contributed by atoms with van der Waals surface area (Å²) in [6.07, 6.45) is 6.38. The number of ketones is 1. The minimum atomic E-state index is -0.129. The summed E-state index contributed by atoms with van der Waals surface area (Å²) in [5.41, 5.74) is 2.07. The zero-order valence-corrected chi connectivity index (χ0v) is 14.8. The number of nitrogens with zero attached hydrogens (tertiary/aromatic N) is 4. The molecule has 0 aliphatic heterocycles. The molecule has 0 aliphatic carbocycles. The molecule has 3 rings (SSSR count). The van der Waals surface area contributed by atoms with E-state index in [1.54, 1.807) is 49.6 Å². The summed E-state index contributed by atoms with van der Waals surface area (Å²) in [7, 11) is 1.57. The van der Waals surface area contributed by atoms with Gasteiger partial charge in [0, 0.05) is 5.56 Å². The van der Waals surface area contributed by atoms with Gasteiger partial charge in [-0.1, -0.05) is 36.9 Å². The summed E-state index contributed by atoms with van der Waals surface area (Å²) in [5.74, 6) is 1.08. The minimum Gasteiger partial charge on any atom is -0.493 e. The SMILES string of the molecule is C=CCOc1ccc(/C=C/C(=O)c2cccc(-n3cnnn3)c2)cc1OC. The molecule has 1 heterocycles. The van der Waals surface area contributed by atoms with E-state index in [9.17, 15) is 4.79 Å². The van der Waals surface area contributed by atoms with Gasteiger partial charge in [0.15, 0.2) is 17.3 Å². The molecule has 0 aliphatic rings. The van der Waals surface area contributed by atoms with E-state index < -0.39 is 0 Å². The Hall–Kier alpha value is -3.74. The Kier molecular flexibility index (Phi) is 5.73. The minimum absolute atomic E-state index is 0.129. The van der Waals surface area contributed by atoms with Crippen LogP contribution in [0.3, 0.4) is 0 Å². The average molecular weight is 362 g/mol. The lowest BCUT2D eigenvalue weighted by atomic mass is 10.1. The highest BCUT2D eigenvalue weighted by Crippen LogP contribution is 2.28. The van der Waals surface area contributed by atoms with Crippen molar-refractivity contribution in [3.05, 3.63) is 78.6 Å². The number of carbonyl (C=O) groups is 1. The highest BCUT2D eigenvalue weighted by atomic mass is 16.5. The fourth-order valence-corrected chi connectivity index (χ4v) is 2.41. The van der Waals surface area contributed by atoms with Gasteiger partial charge >= 0.3 is 0 Å². The van der Waals surface area contributed by atoms with Crippen molar-refractivity contribution in [3.8, 4) is 17.2 Å². The number of ether oxygens (including phenoxy) is 2. The Morgan fingerprint density at radius 3 is 2.85 bits per heavy atom. The molecule has 0 bridgehead atoms. The number of tetrazole rings is 1. The first-order valence-electron chi connectivity index (χ1n) is 8.19. The maximum Gasteiger partial charge on any atom is 0.185 e. The fraction of sp³-hybridized carbons (Fsp3) is 0.100. The van der Waals surface area contributed by atoms with E-state index in [0.29, 0.717) is 29.4 Å². The standard InChI is InChI=1S/C20H18N4O3/c1-3-11-27-19-10-8-15(12-20(19)26-2)7-9-18(25)16-5-4-6-17(13-16)24-14-21-22-23-24/h3-10,12-14H,1,11H2,2H3/b9-7+.